The molecule has 0 bridgehead atoms. The van der Waals surface area contributed by atoms with E-state index in [9.17, 15) is 9.59 Å². The summed E-state index contributed by atoms with van der Waals surface area (Å²) in [6.07, 6.45) is 8.92. The minimum absolute atomic E-state index is 0.0241. The van der Waals surface area contributed by atoms with Gasteiger partial charge in [-0.25, -0.2) is 0 Å². The first kappa shape index (κ1) is 25.7. The van der Waals surface area contributed by atoms with E-state index in [1.54, 1.807) is 0 Å². The summed E-state index contributed by atoms with van der Waals surface area (Å²) in [6, 6.07) is 21.1. The second-order valence-electron chi connectivity index (χ2n) is 12.1. The summed E-state index contributed by atoms with van der Waals surface area (Å²) >= 11 is 0. The number of carbonyl (C=O) groups excluding carboxylic acids is 2. The average molecular weight is 523 g/mol. The van der Waals surface area contributed by atoms with E-state index < -0.39 is 0 Å². The number of nitrogens with one attached hydrogen (secondary N) is 1. The van der Waals surface area contributed by atoms with Gasteiger partial charge < -0.3 is 10.2 Å². The fraction of sp³-hybridized carbons (Fsp3) is 0.455. The Balaban J connectivity index is 1.13. The van der Waals surface area contributed by atoms with Crippen LogP contribution in [0.1, 0.15) is 70.3 Å². The van der Waals surface area contributed by atoms with Crippen LogP contribution in [-0.2, 0) is 15.0 Å². The Hall–Kier alpha value is -3.54. The lowest BCUT2D eigenvalue weighted by Gasteiger charge is -2.34. The maximum absolute atomic E-state index is 13.0. The van der Waals surface area contributed by atoms with Crippen LogP contribution in [-0.4, -0.2) is 40.0 Å². The molecule has 3 fully saturated rings. The topological polar surface area (TPSA) is 75.2 Å². The molecule has 6 rings (SSSR count). The third kappa shape index (κ3) is 5.75. The van der Waals surface area contributed by atoms with Crippen molar-refractivity contribution in [2.24, 2.45) is 11.8 Å². The number of hydrogen-bond donors (Lipinski definition) is 1. The Morgan fingerprint density at radius 3 is 2.23 bits per heavy atom. The molecule has 2 aromatic carbocycles. The predicted molar refractivity (Wildman–Crippen MR) is 154 cm³/mol. The lowest BCUT2D eigenvalue weighted by Crippen LogP contribution is -2.40. The van der Waals surface area contributed by atoms with Crippen LogP contribution in [0.4, 0.5) is 5.82 Å². The Labute approximate surface area is 231 Å². The molecule has 3 aliphatic rings. The zero-order valence-corrected chi connectivity index (χ0v) is 23.0. The van der Waals surface area contributed by atoms with Gasteiger partial charge in [0.2, 0.25) is 11.8 Å². The molecule has 0 radical (unpaired) electrons. The highest BCUT2D eigenvalue weighted by atomic mass is 16.2. The molecule has 1 aromatic heterocycles. The lowest BCUT2D eigenvalue weighted by atomic mass is 9.83. The second-order valence-corrected chi connectivity index (χ2v) is 12.1. The summed E-state index contributed by atoms with van der Waals surface area (Å²) < 4.78 is 0. The van der Waals surface area contributed by atoms with Crippen LogP contribution < -0.4 is 5.32 Å². The summed E-state index contributed by atoms with van der Waals surface area (Å²) in [5, 5.41) is 12.0. The van der Waals surface area contributed by atoms with Gasteiger partial charge in [0, 0.05) is 36.6 Å². The first-order valence-corrected chi connectivity index (χ1v) is 14.5. The summed E-state index contributed by atoms with van der Waals surface area (Å²) in [6.45, 7) is 2.31. The van der Waals surface area contributed by atoms with Crippen LogP contribution in [0.25, 0.3) is 22.4 Å². The Kier molecular flexibility index (Phi) is 6.96. The quantitative estimate of drug-likeness (QED) is 0.361. The van der Waals surface area contributed by atoms with Crippen molar-refractivity contribution in [3.05, 3.63) is 66.2 Å². The van der Waals surface area contributed by atoms with Gasteiger partial charge in [-0.3, -0.25) is 9.59 Å². The van der Waals surface area contributed by atoms with E-state index in [0.717, 1.165) is 60.9 Å². The van der Waals surface area contributed by atoms with Crippen LogP contribution >= 0.6 is 0 Å². The maximum atomic E-state index is 13.0. The Morgan fingerprint density at radius 2 is 1.59 bits per heavy atom. The number of hydrogen-bond acceptors (Lipinski definition) is 4. The van der Waals surface area contributed by atoms with Crippen molar-refractivity contribution >= 4 is 17.6 Å². The number of aromatic nitrogens is 2. The number of benzene rings is 2. The normalized spacial score (nSPS) is 21.7. The molecular formula is C33H38N4O2. The van der Waals surface area contributed by atoms with Gasteiger partial charge in [-0.1, -0.05) is 61.5 Å². The lowest BCUT2D eigenvalue weighted by molar-refractivity contribution is -0.134. The van der Waals surface area contributed by atoms with E-state index in [-0.39, 0.29) is 11.8 Å². The van der Waals surface area contributed by atoms with E-state index >= 15 is 0 Å². The first-order valence-electron chi connectivity index (χ1n) is 14.5. The Morgan fingerprint density at radius 1 is 0.897 bits per heavy atom. The van der Waals surface area contributed by atoms with Crippen molar-refractivity contribution < 1.29 is 9.59 Å². The molecule has 39 heavy (non-hydrogen) atoms. The highest BCUT2D eigenvalue weighted by Crippen LogP contribution is 2.48. The molecule has 3 saturated carbocycles. The number of rotatable bonds is 8. The minimum Gasteiger partial charge on any atom is -0.343 e. The van der Waals surface area contributed by atoms with E-state index in [1.807, 2.05) is 36.2 Å². The largest absolute Gasteiger partial charge is 0.343 e. The maximum Gasteiger partial charge on any atom is 0.225 e. The molecule has 3 aromatic rings. The summed E-state index contributed by atoms with van der Waals surface area (Å²) in [7, 11) is 1.95. The van der Waals surface area contributed by atoms with Crippen molar-refractivity contribution in [2.45, 2.75) is 76.2 Å². The van der Waals surface area contributed by atoms with Crippen LogP contribution in [0.2, 0.25) is 0 Å². The molecule has 0 saturated heterocycles. The fourth-order valence-corrected chi connectivity index (χ4v) is 6.00. The van der Waals surface area contributed by atoms with E-state index in [1.165, 1.54) is 18.4 Å². The van der Waals surface area contributed by atoms with Crippen LogP contribution in [0, 0.1) is 11.8 Å². The smallest absolute Gasteiger partial charge is 0.225 e. The zero-order chi connectivity index (χ0) is 27.0. The van der Waals surface area contributed by atoms with Gasteiger partial charge in [-0.2, -0.15) is 0 Å². The highest BCUT2D eigenvalue weighted by molar-refractivity contribution is 5.91. The van der Waals surface area contributed by atoms with Crippen LogP contribution in [0.5, 0.6) is 0 Å². The molecule has 6 nitrogen and oxygen atoms in total. The van der Waals surface area contributed by atoms with E-state index in [4.69, 9.17) is 0 Å². The average Bonchev–Trinajstić information content (AvgIpc) is 3.91. The summed E-state index contributed by atoms with van der Waals surface area (Å²) in [5.41, 5.74) is 5.53. The second kappa shape index (κ2) is 10.6. The van der Waals surface area contributed by atoms with Crippen LogP contribution in [0.15, 0.2) is 60.7 Å². The molecule has 202 valence electrons. The van der Waals surface area contributed by atoms with Gasteiger partial charge in [0.15, 0.2) is 5.82 Å². The monoisotopic (exact) mass is 522 g/mol. The van der Waals surface area contributed by atoms with Gasteiger partial charge in [0.1, 0.15) is 5.69 Å². The fourth-order valence-electron chi connectivity index (χ4n) is 6.00. The predicted octanol–water partition coefficient (Wildman–Crippen LogP) is 6.62. The first-order chi connectivity index (χ1) is 18.9. The van der Waals surface area contributed by atoms with Crippen molar-refractivity contribution in [3.63, 3.8) is 0 Å². The third-order valence-electron chi connectivity index (χ3n) is 9.11. The number of nitrogens with zero attached hydrogens (tertiary/aromatic N) is 3. The van der Waals surface area contributed by atoms with Crippen molar-refractivity contribution in [2.75, 3.05) is 12.4 Å². The molecule has 0 atom stereocenters. The van der Waals surface area contributed by atoms with Gasteiger partial charge >= 0.3 is 0 Å². The summed E-state index contributed by atoms with van der Waals surface area (Å²) in [4.78, 5) is 27.4. The SMILES string of the molecule is CN(C(=O)C1CC1)[C@H]1CC[C@H](CC(=O)Nc2cc(-c3ccccc3)c(-c3ccc(C4(C)CC4)cc3)nn2)CC1. The van der Waals surface area contributed by atoms with Crippen molar-refractivity contribution in [3.8, 4) is 22.4 Å². The molecule has 2 amide bonds. The molecule has 1 N–H and O–H groups in total. The van der Waals surface area contributed by atoms with Gasteiger partial charge in [-0.15, -0.1) is 10.2 Å². The standard InChI is InChI=1S/C33H38N4O2/c1-33(18-19-33)26-14-12-24(13-15-26)31-28(23-6-4-3-5-7-23)21-29(35-36-31)34-30(38)20-22-8-16-27(17-9-22)37(2)32(39)25-10-11-25/h3-7,12-15,21-22,25,27H,8-11,16-20H2,1-2H3,(H,34,35,38)/t22-,27-. The molecule has 0 aliphatic heterocycles. The van der Waals surface area contributed by atoms with Crippen molar-refractivity contribution in [1.82, 2.24) is 15.1 Å². The minimum atomic E-state index is -0.0241. The van der Waals surface area contributed by atoms with Gasteiger partial charge in [0.05, 0.1) is 0 Å². The number of anilines is 1. The Bertz CT molecular complexity index is 1340. The highest BCUT2D eigenvalue weighted by Gasteiger charge is 2.39. The molecule has 3 aliphatic carbocycles. The third-order valence-corrected chi connectivity index (χ3v) is 9.11. The number of carbonyl (C=O) groups is 2. The summed E-state index contributed by atoms with van der Waals surface area (Å²) in [5.74, 6) is 1.35. The van der Waals surface area contributed by atoms with E-state index in [0.29, 0.717) is 35.5 Å². The van der Waals surface area contributed by atoms with Crippen molar-refractivity contribution in [1.29, 1.82) is 0 Å². The molecule has 0 unspecified atom stereocenters. The van der Waals surface area contributed by atoms with Gasteiger partial charge in [-0.05, 0) is 79.9 Å². The molecule has 0 spiro atoms. The van der Waals surface area contributed by atoms with Crippen LogP contribution in [0.3, 0.4) is 0 Å². The number of amides is 2. The van der Waals surface area contributed by atoms with E-state index in [2.05, 4.69) is 58.8 Å². The molecular weight excluding hydrogens is 484 g/mol. The zero-order valence-electron chi connectivity index (χ0n) is 23.0. The molecule has 1 heterocycles. The van der Waals surface area contributed by atoms with Gasteiger partial charge in [0.25, 0.3) is 0 Å². The molecule has 6 heteroatoms.